The fourth-order valence-corrected chi connectivity index (χ4v) is 9.06. The molecule has 2 N–H and O–H groups in total. The van der Waals surface area contributed by atoms with E-state index < -0.39 is 23.8 Å². The summed E-state index contributed by atoms with van der Waals surface area (Å²) in [5, 5.41) is 5.43. The molecule has 13 nitrogen and oxygen atoms in total. The van der Waals surface area contributed by atoms with E-state index in [9.17, 15) is 24.0 Å². The summed E-state index contributed by atoms with van der Waals surface area (Å²) in [6, 6.07) is 4.46. The van der Waals surface area contributed by atoms with Gasteiger partial charge in [0.05, 0.1) is 23.5 Å². The number of aromatic nitrogens is 2. The van der Waals surface area contributed by atoms with Gasteiger partial charge in [0.1, 0.15) is 17.6 Å². The summed E-state index contributed by atoms with van der Waals surface area (Å²) in [5.74, 6) is -0.735. The molecule has 1 atom stereocenters. The van der Waals surface area contributed by atoms with Crippen molar-refractivity contribution in [3.63, 3.8) is 0 Å². The smallest absolute Gasteiger partial charge is 0.271 e. The second kappa shape index (κ2) is 12.5. The standard InChI is InChI=1S/C36H46N8O5/c1-35(2)21-36(3,4)34(35)40-30(46)26-18-38-28(19-37-26)43-11-9-22(10-12-43)20-41-13-15-42(16-14-41)23-5-6-24-25(17-23)33(49)44(32(24)48)27-7-8-29(45)39-31(27)47/h5-6,17-19,22,27,34H,7-16,20-21H2,1-4H3,(H,40,46)(H,39,45,47). The number of carbonyl (C=O) groups is 5. The van der Waals surface area contributed by atoms with Crippen molar-refractivity contribution < 1.29 is 24.0 Å². The number of benzene rings is 1. The van der Waals surface area contributed by atoms with Crippen molar-refractivity contribution in [2.75, 3.05) is 55.6 Å². The molecule has 13 heteroatoms. The van der Waals surface area contributed by atoms with Gasteiger partial charge in [-0.1, -0.05) is 27.7 Å². The summed E-state index contributed by atoms with van der Waals surface area (Å²) >= 11 is 0. The number of fused-ring (bicyclic) bond motifs is 1. The molecule has 2 aromatic rings. The zero-order valence-corrected chi connectivity index (χ0v) is 28.8. The highest BCUT2D eigenvalue weighted by Gasteiger charge is 2.53. The first-order valence-electron chi connectivity index (χ1n) is 17.5. The summed E-state index contributed by atoms with van der Waals surface area (Å²) in [4.78, 5) is 80.3. The van der Waals surface area contributed by atoms with E-state index in [0.29, 0.717) is 22.7 Å². The van der Waals surface area contributed by atoms with Gasteiger partial charge in [0.15, 0.2) is 0 Å². The van der Waals surface area contributed by atoms with Gasteiger partial charge in [-0.3, -0.25) is 39.1 Å². The highest BCUT2D eigenvalue weighted by molar-refractivity contribution is 6.23. The predicted octanol–water partition coefficient (Wildman–Crippen LogP) is 2.47. The molecule has 0 radical (unpaired) electrons. The van der Waals surface area contributed by atoms with Crippen molar-refractivity contribution in [1.29, 1.82) is 0 Å². The zero-order chi connectivity index (χ0) is 34.7. The topological polar surface area (TPSA) is 148 Å². The number of piperidine rings is 2. The largest absolute Gasteiger partial charge is 0.369 e. The van der Waals surface area contributed by atoms with E-state index in [1.165, 1.54) is 0 Å². The molecule has 1 aromatic heterocycles. The number of anilines is 2. The van der Waals surface area contributed by atoms with E-state index in [-0.39, 0.29) is 41.5 Å². The molecular weight excluding hydrogens is 624 g/mol. The van der Waals surface area contributed by atoms with Crippen LogP contribution in [0.25, 0.3) is 0 Å². The van der Waals surface area contributed by atoms with E-state index in [0.717, 1.165) is 81.5 Å². The molecule has 7 rings (SSSR count). The van der Waals surface area contributed by atoms with Crippen molar-refractivity contribution in [1.82, 2.24) is 30.4 Å². The summed E-state index contributed by atoms with van der Waals surface area (Å²) in [6.07, 6.45) is 6.74. The molecular formula is C36H46N8O5. The highest BCUT2D eigenvalue weighted by atomic mass is 16.2. The lowest BCUT2D eigenvalue weighted by Crippen LogP contribution is -2.63. The van der Waals surface area contributed by atoms with Gasteiger partial charge in [-0.15, -0.1) is 0 Å². The number of amides is 5. The van der Waals surface area contributed by atoms with Crippen molar-refractivity contribution in [3.8, 4) is 0 Å². The number of imide groups is 2. The Bertz CT molecular complexity index is 1660. The summed E-state index contributed by atoms with van der Waals surface area (Å²) < 4.78 is 0. The Labute approximate surface area is 286 Å². The lowest BCUT2D eigenvalue weighted by atomic mass is 9.52. The van der Waals surface area contributed by atoms with Crippen LogP contribution in [0.1, 0.15) is 91.0 Å². The first kappa shape index (κ1) is 33.1. The average Bonchev–Trinajstić information content (AvgIpc) is 3.32. The van der Waals surface area contributed by atoms with Gasteiger partial charge in [-0.25, -0.2) is 9.97 Å². The van der Waals surface area contributed by atoms with E-state index in [1.807, 2.05) is 6.07 Å². The van der Waals surface area contributed by atoms with Gasteiger partial charge in [0.2, 0.25) is 11.8 Å². The maximum atomic E-state index is 13.3. The summed E-state index contributed by atoms with van der Waals surface area (Å²) in [6.45, 7) is 15.0. The van der Waals surface area contributed by atoms with E-state index >= 15 is 0 Å². The molecule has 5 amide bonds. The minimum atomic E-state index is -0.965. The molecule has 3 saturated heterocycles. The van der Waals surface area contributed by atoms with Crippen LogP contribution in [-0.4, -0.2) is 107 Å². The Hall–Kier alpha value is -4.39. The summed E-state index contributed by atoms with van der Waals surface area (Å²) in [7, 11) is 0. The number of hydrogen-bond acceptors (Lipinski definition) is 10. The van der Waals surface area contributed by atoms with Gasteiger partial charge >= 0.3 is 0 Å². The highest BCUT2D eigenvalue weighted by Crippen LogP contribution is 2.53. The maximum Gasteiger partial charge on any atom is 0.271 e. The fraction of sp³-hybridized carbons (Fsp3) is 0.583. The molecule has 4 fully saturated rings. The van der Waals surface area contributed by atoms with Crippen molar-refractivity contribution in [3.05, 3.63) is 47.4 Å². The average molecular weight is 671 g/mol. The molecule has 1 aliphatic carbocycles. The van der Waals surface area contributed by atoms with E-state index in [1.54, 1.807) is 24.5 Å². The number of nitrogens with zero attached hydrogens (tertiary/aromatic N) is 6. The second-order valence-electron chi connectivity index (χ2n) is 15.7. The van der Waals surface area contributed by atoms with Crippen LogP contribution in [-0.2, 0) is 9.59 Å². The molecule has 1 saturated carbocycles. The van der Waals surface area contributed by atoms with Gasteiger partial charge in [-0.05, 0) is 60.6 Å². The molecule has 49 heavy (non-hydrogen) atoms. The Kier molecular flexibility index (Phi) is 8.45. The van der Waals surface area contributed by atoms with E-state index in [4.69, 9.17) is 0 Å². The molecule has 1 unspecified atom stereocenters. The minimum Gasteiger partial charge on any atom is -0.369 e. The monoisotopic (exact) mass is 670 g/mol. The van der Waals surface area contributed by atoms with Crippen molar-refractivity contribution in [2.24, 2.45) is 16.7 Å². The third-order valence-corrected chi connectivity index (χ3v) is 11.2. The Morgan fingerprint density at radius 2 is 1.55 bits per heavy atom. The number of hydrogen-bond donors (Lipinski definition) is 2. The SMILES string of the molecule is CC1(C)CC(C)(C)C1NC(=O)c1cnc(N2CCC(CN3CCN(c4ccc5c(c4)C(=O)N(C4CCC(=O)NC4=O)C5=O)CC3)CC2)cn1. The van der Waals surface area contributed by atoms with Crippen LogP contribution in [0, 0.1) is 16.7 Å². The Morgan fingerprint density at radius 3 is 2.18 bits per heavy atom. The van der Waals surface area contributed by atoms with Gasteiger partial charge in [0.25, 0.3) is 17.7 Å². The van der Waals surface area contributed by atoms with Crippen LogP contribution in [0.5, 0.6) is 0 Å². The van der Waals surface area contributed by atoms with Gasteiger partial charge in [-0.2, -0.15) is 0 Å². The van der Waals surface area contributed by atoms with Crippen LogP contribution >= 0.6 is 0 Å². The van der Waals surface area contributed by atoms with Crippen LogP contribution in [0.15, 0.2) is 30.6 Å². The third kappa shape index (κ3) is 6.28. The first-order valence-corrected chi connectivity index (χ1v) is 17.5. The normalized spacial score (nSPS) is 24.5. The number of rotatable bonds is 7. The van der Waals surface area contributed by atoms with Gasteiger partial charge < -0.3 is 15.1 Å². The predicted molar refractivity (Wildman–Crippen MR) is 182 cm³/mol. The van der Waals surface area contributed by atoms with Crippen LogP contribution < -0.4 is 20.4 Å². The molecule has 5 aliphatic rings. The Balaban J connectivity index is 0.874. The Morgan fingerprint density at radius 1 is 0.857 bits per heavy atom. The quantitative estimate of drug-likeness (QED) is 0.421. The second-order valence-corrected chi connectivity index (χ2v) is 15.7. The third-order valence-electron chi connectivity index (χ3n) is 11.2. The zero-order valence-electron chi connectivity index (χ0n) is 28.8. The molecule has 1 aromatic carbocycles. The van der Waals surface area contributed by atoms with E-state index in [2.05, 4.69) is 63.0 Å². The van der Waals surface area contributed by atoms with Gasteiger partial charge in [0, 0.05) is 64.0 Å². The van der Waals surface area contributed by atoms with Crippen LogP contribution in [0.4, 0.5) is 11.5 Å². The molecule has 0 bridgehead atoms. The maximum absolute atomic E-state index is 13.3. The number of piperazine rings is 1. The first-order chi connectivity index (χ1) is 23.3. The number of carbonyl (C=O) groups excluding carboxylic acids is 5. The van der Waals surface area contributed by atoms with Crippen molar-refractivity contribution in [2.45, 2.75) is 71.9 Å². The van der Waals surface area contributed by atoms with Crippen molar-refractivity contribution >= 4 is 41.0 Å². The molecule has 0 spiro atoms. The minimum absolute atomic E-state index is 0.0715. The molecule has 260 valence electrons. The number of nitrogens with one attached hydrogen (secondary N) is 2. The fourth-order valence-electron chi connectivity index (χ4n) is 9.06. The lowest BCUT2D eigenvalue weighted by molar-refractivity contribution is -0.136. The van der Waals surface area contributed by atoms with Crippen LogP contribution in [0.3, 0.4) is 0 Å². The summed E-state index contributed by atoms with van der Waals surface area (Å²) in [5.41, 5.74) is 1.99. The molecule has 5 heterocycles. The van der Waals surface area contributed by atoms with Crippen LogP contribution in [0.2, 0.25) is 0 Å². The lowest BCUT2D eigenvalue weighted by Gasteiger charge is -2.57. The molecule has 4 aliphatic heterocycles.